The molecule has 1 aliphatic carbocycles. The minimum atomic E-state index is -1.29. The third-order valence-corrected chi connectivity index (χ3v) is 5.48. The Bertz CT molecular complexity index is 1420. The number of carbonyl (C=O) groups is 1. The van der Waals surface area contributed by atoms with E-state index in [1.807, 2.05) is 18.2 Å². The van der Waals surface area contributed by atoms with Crippen LogP contribution in [0.15, 0.2) is 54.9 Å². The number of hydrogen-bond donors (Lipinski definition) is 2. The first-order valence-electron chi connectivity index (χ1n) is 9.52. The lowest BCUT2D eigenvalue weighted by atomic mass is 10.0. The summed E-state index contributed by atoms with van der Waals surface area (Å²) in [5.74, 6) is 4.84. The summed E-state index contributed by atoms with van der Waals surface area (Å²) in [5.41, 5.74) is 1.99. The van der Waals surface area contributed by atoms with Crippen LogP contribution >= 0.6 is 11.6 Å². The number of rotatable bonds is 2. The lowest BCUT2D eigenvalue weighted by Crippen LogP contribution is -2.20. The summed E-state index contributed by atoms with van der Waals surface area (Å²) >= 11 is 6.02. The molecule has 3 heterocycles. The topological polar surface area (TPSA) is 101 Å². The molecule has 1 aliphatic rings. The molecule has 0 spiro atoms. The molecule has 31 heavy (non-hydrogen) atoms. The Morgan fingerprint density at radius 2 is 2.06 bits per heavy atom. The molecule has 0 amide bonds. The van der Waals surface area contributed by atoms with Gasteiger partial charge in [-0.25, -0.2) is 14.5 Å². The van der Waals surface area contributed by atoms with Crippen LogP contribution in [0.25, 0.3) is 16.6 Å². The SMILES string of the molecule is O=C(O)c1nn(-c2cccc(C#CC3(O)CCc4cccnc43)c2)c2cc(Cl)ncc12. The molecule has 0 saturated carbocycles. The third-order valence-electron chi connectivity index (χ3n) is 5.28. The lowest BCUT2D eigenvalue weighted by Gasteiger charge is -2.15. The van der Waals surface area contributed by atoms with Crippen LogP contribution in [-0.2, 0) is 12.0 Å². The van der Waals surface area contributed by atoms with Crippen molar-refractivity contribution in [1.29, 1.82) is 0 Å². The fourth-order valence-corrected chi connectivity index (χ4v) is 3.95. The van der Waals surface area contributed by atoms with Crippen LogP contribution in [-0.4, -0.2) is 35.9 Å². The van der Waals surface area contributed by atoms with Gasteiger partial charge in [-0.05, 0) is 42.7 Å². The number of fused-ring (bicyclic) bond motifs is 2. The van der Waals surface area contributed by atoms with Crippen molar-refractivity contribution in [2.45, 2.75) is 18.4 Å². The van der Waals surface area contributed by atoms with Gasteiger partial charge in [-0.3, -0.25) is 4.98 Å². The standard InChI is InChI=1S/C23H15ClN4O3/c24-19-12-18-17(13-26-19)20(22(29)30)27-28(18)16-5-1-3-14(11-16)6-8-23(31)9-7-15-4-2-10-25-21(15)23/h1-5,10-13,31H,7,9H2,(H,29,30). The molecular formula is C23H15ClN4O3. The normalized spacial score (nSPS) is 17.2. The van der Waals surface area contributed by atoms with Crippen LogP contribution < -0.4 is 0 Å². The highest BCUT2D eigenvalue weighted by Crippen LogP contribution is 2.34. The van der Waals surface area contributed by atoms with E-state index in [0.29, 0.717) is 34.3 Å². The van der Waals surface area contributed by atoms with Gasteiger partial charge in [-0.15, -0.1) is 0 Å². The van der Waals surface area contributed by atoms with Gasteiger partial charge in [0.05, 0.1) is 22.3 Å². The second-order valence-electron chi connectivity index (χ2n) is 7.26. The Morgan fingerprint density at radius 1 is 1.19 bits per heavy atom. The van der Waals surface area contributed by atoms with Gasteiger partial charge < -0.3 is 10.2 Å². The molecule has 0 fully saturated rings. The number of nitrogens with zero attached hydrogens (tertiary/aromatic N) is 4. The minimum absolute atomic E-state index is 0.112. The van der Waals surface area contributed by atoms with E-state index in [9.17, 15) is 15.0 Å². The van der Waals surface area contributed by atoms with Crippen LogP contribution in [0, 0.1) is 11.8 Å². The second kappa shape index (κ2) is 7.20. The van der Waals surface area contributed by atoms with Crippen molar-refractivity contribution < 1.29 is 15.0 Å². The number of halogens is 1. The van der Waals surface area contributed by atoms with Crippen LogP contribution in [0.2, 0.25) is 5.15 Å². The molecular weight excluding hydrogens is 416 g/mol. The fraction of sp³-hybridized carbons (Fsp3) is 0.130. The summed E-state index contributed by atoms with van der Waals surface area (Å²) in [6, 6.07) is 12.5. The molecule has 2 N–H and O–H groups in total. The monoisotopic (exact) mass is 430 g/mol. The first kappa shape index (κ1) is 19.2. The van der Waals surface area contributed by atoms with Gasteiger partial charge in [-0.1, -0.05) is 35.6 Å². The zero-order valence-corrected chi connectivity index (χ0v) is 16.8. The Hall–Kier alpha value is -3.73. The molecule has 0 aliphatic heterocycles. The van der Waals surface area contributed by atoms with Crippen molar-refractivity contribution in [1.82, 2.24) is 19.7 Å². The number of carboxylic acids is 1. The molecule has 4 aromatic rings. The lowest BCUT2D eigenvalue weighted by molar-refractivity contribution is 0.0692. The zero-order chi connectivity index (χ0) is 21.6. The van der Waals surface area contributed by atoms with Crippen molar-refractivity contribution in [3.05, 3.63) is 82.5 Å². The summed E-state index contributed by atoms with van der Waals surface area (Å²) < 4.78 is 1.50. The van der Waals surface area contributed by atoms with Crippen molar-refractivity contribution in [3.8, 4) is 17.5 Å². The van der Waals surface area contributed by atoms with Crippen LogP contribution in [0.1, 0.15) is 33.7 Å². The average Bonchev–Trinajstić information content (AvgIpc) is 3.31. The second-order valence-corrected chi connectivity index (χ2v) is 7.65. The Morgan fingerprint density at radius 3 is 2.90 bits per heavy atom. The van der Waals surface area contributed by atoms with E-state index in [1.165, 1.54) is 10.9 Å². The predicted octanol–water partition coefficient (Wildman–Crippen LogP) is 3.35. The summed E-state index contributed by atoms with van der Waals surface area (Å²) in [6.45, 7) is 0. The summed E-state index contributed by atoms with van der Waals surface area (Å²) in [7, 11) is 0. The molecule has 5 rings (SSSR count). The van der Waals surface area contributed by atoms with E-state index in [1.54, 1.807) is 30.5 Å². The summed E-state index contributed by atoms with van der Waals surface area (Å²) in [6.07, 6.45) is 4.26. The molecule has 1 aromatic carbocycles. The van der Waals surface area contributed by atoms with Crippen LogP contribution in [0.3, 0.4) is 0 Å². The number of carboxylic acid groups (broad SMARTS) is 1. The first-order valence-corrected chi connectivity index (χ1v) is 9.90. The summed E-state index contributed by atoms with van der Waals surface area (Å²) in [4.78, 5) is 19.9. The molecule has 1 atom stereocenters. The van der Waals surface area contributed by atoms with E-state index in [0.717, 1.165) is 12.0 Å². The van der Waals surface area contributed by atoms with Gasteiger partial charge in [0.1, 0.15) is 5.15 Å². The van der Waals surface area contributed by atoms with E-state index < -0.39 is 11.6 Å². The van der Waals surface area contributed by atoms with E-state index in [4.69, 9.17) is 11.6 Å². The highest BCUT2D eigenvalue weighted by atomic mass is 35.5. The summed E-state index contributed by atoms with van der Waals surface area (Å²) in [5, 5.41) is 25.3. The molecule has 0 bridgehead atoms. The maximum Gasteiger partial charge on any atom is 0.357 e. The smallest absolute Gasteiger partial charge is 0.357 e. The van der Waals surface area contributed by atoms with Gasteiger partial charge >= 0.3 is 5.97 Å². The van der Waals surface area contributed by atoms with E-state index in [2.05, 4.69) is 26.9 Å². The van der Waals surface area contributed by atoms with Gasteiger partial charge in [0.25, 0.3) is 0 Å². The molecule has 1 unspecified atom stereocenters. The molecule has 0 radical (unpaired) electrons. The highest BCUT2D eigenvalue weighted by molar-refractivity contribution is 6.30. The van der Waals surface area contributed by atoms with Gasteiger partial charge in [0.15, 0.2) is 11.3 Å². The van der Waals surface area contributed by atoms with Crippen molar-refractivity contribution in [2.24, 2.45) is 0 Å². The third kappa shape index (κ3) is 3.32. The number of benzene rings is 1. The quantitative estimate of drug-likeness (QED) is 0.373. The molecule has 0 saturated heterocycles. The number of aliphatic hydroxyl groups is 1. The molecule has 3 aromatic heterocycles. The zero-order valence-electron chi connectivity index (χ0n) is 16.1. The largest absolute Gasteiger partial charge is 0.476 e. The average molecular weight is 431 g/mol. The Balaban J connectivity index is 1.57. The predicted molar refractivity (Wildman–Crippen MR) is 114 cm³/mol. The maximum absolute atomic E-state index is 11.6. The molecule has 7 nitrogen and oxygen atoms in total. The number of hydrogen-bond acceptors (Lipinski definition) is 5. The van der Waals surface area contributed by atoms with Crippen molar-refractivity contribution in [3.63, 3.8) is 0 Å². The van der Waals surface area contributed by atoms with E-state index >= 15 is 0 Å². The minimum Gasteiger partial charge on any atom is -0.476 e. The van der Waals surface area contributed by atoms with Gasteiger partial charge in [0, 0.05) is 24.0 Å². The number of aromatic nitrogens is 4. The number of pyridine rings is 2. The van der Waals surface area contributed by atoms with Crippen molar-refractivity contribution >= 4 is 28.5 Å². The maximum atomic E-state index is 11.6. The highest BCUT2D eigenvalue weighted by Gasteiger charge is 2.36. The number of aryl methyl sites for hydroxylation is 1. The Labute approximate surface area is 182 Å². The fourth-order valence-electron chi connectivity index (χ4n) is 3.80. The first-order chi connectivity index (χ1) is 14.9. The Kier molecular flexibility index (Phi) is 4.47. The van der Waals surface area contributed by atoms with Gasteiger partial charge in [-0.2, -0.15) is 5.10 Å². The van der Waals surface area contributed by atoms with Crippen LogP contribution in [0.5, 0.6) is 0 Å². The van der Waals surface area contributed by atoms with E-state index in [-0.39, 0.29) is 10.8 Å². The van der Waals surface area contributed by atoms with Crippen LogP contribution in [0.4, 0.5) is 0 Å². The molecule has 8 heteroatoms. The van der Waals surface area contributed by atoms with Gasteiger partial charge in [0.2, 0.25) is 0 Å². The molecule has 152 valence electrons. The number of aromatic carboxylic acids is 1. The van der Waals surface area contributed by atoms with Crippen molar-refractivity contribution in [2.75, 3.05) is 0 Å².